The lowest BCUT2D eigenvalue weighted by atomic mass is 10.1. The summed E-state index contributed by atoms with van der Waals surface area (Å²) in [5.41, 5.74) is -0.716. The van der Waals surface area contributed by atoms with E-state index in [0.29, 0.717) is 0 Å². The Labute approximate surface area is 197 Å². The molecule has 3 aromatic rings. The van der Waals surface area contributed by atoms with Gasteiger partial charge < -0.3 is 19.7 Å². The molecule has 1 aliphatic rings. The number of aliphatic hydroxyl groups is 2. The number of anilines is 2. The molecule has 3 heterocycles. The summed E-state index contributed by atoms with van der Waals surface area (Å²) >= 11 is 0. The predicted octanol–water partition coefficient (Wildman–Crippen LogP) is 2.72. The normalized spacial score (nSPS) is 14.0. The van der Waals surface area contributed by atoms with E-state index in [0.717, 1.165) is 12.1 Å². The fourth-order valence-corrected chi connectivity index (χ4v) is 3.16. The topological polar surface area (TPSA) is 130 Å². The Morgan fingerprint density at radius 3 is 2.80 bits per heavy atom. The highest BCUT2D eigenvalue weighted by Gasteiger charge is 2.31. The number of fused-ring (bicyclic) bond motifs is 1. The number of pyridine rings is 1. The molecule has 35 heavy (non-hydrogen) atoms. The van der Waals surface area contributed by atoms with Gasteiger partial charge >= 0.3 is 12.2 Å². The maximum Gasteiger partial charge on any atom is 0.416 e. The Kier molecular flexibility index (Phi) is 6.98. The SMILES string of the molecule is O=C(Nc1cccc(OCC(O)CO)n1)N1CCOc2cnc(-c3cccc(C(F)(F)F)c3)nc21. The summed E-state index contributed by atoms with van der Waals surface area (Å²) in [4.78, 5) is 26.8. The number of hydrogen-bond donors (Lipinski definition) is 3. The smallest absolute Gasteiger partial charge is 0.416 e. The fraction of sp³-hybridized carbons (Fsp3) is 0.273. The zero-order valence-corrected chi connectivity index (χ0v) is 18.1. The first-order chi connectivity index (χ1) is 16.7. The van der Waals surface area contributed by atoms with Crippen molar-refractivity contribution in [3.63, 3.8) is 0 Å². The second-order valence-corrected chi connectivity index (χ2v) is 7.40. The molecule has 10 nitrogen and oxygen atoms in total. The van der Waals surface area contributed by atoms with Crippen LogP contribution in [0.3, 0.4) is 0 Å². The first-order valence-corrected chi connectivity index (χ1v) is 10.4. The van der Waals surface area contributed by atoms with Gasteiger partial charge in [-0.05, 0) is 18.2 Å². The molecular formula is C22H20F3N5O5. The average molecular weight is 491 g/mol. The highest BCUT2D eigenvalue weighted by atomic mass is 19.4. The number of nitrogens with zero attached hydrogens (tertiary/aromatic N) is 4. The third kappa shape index (κ3) is 5.75. The molecule has 1 atom stereocenters. The number of hydrogen-bond acceptors (Lipinski definition) is 8. The molecule has 3 N–H and O–H groups in total. The molecule has 0 saturated carbocycles. The number of halogens is 3. The number of carbonyl (C=O) groups excluding carboxylic acids is 1. The summed E-state index contributed by atoms with van der Waals surface area (Å²) in [7, 11) is 0. The lowest BCUT2D eigenvalue weighted by Crippen LogP contribution is -2.41. The Morgan fingerprint density at radius 1 is 1.23 bits per heavy atom. The summed E-state index contributed by atoms with van der Waals surface area (Å²) < 4.78 is 50.1. The highest BCUT2D eigenvalue weighted by Crippen LogP contribution is 2.34. The number of nitrogens with one attached hydrogen (secondary N) is 1. The van der Waals surface area contributed by atoms with Gasteiger partial charge in [-0.3, -0.25) is 10.2 Å². The van der Waals surface area contributed by atoms with Crippen LogP contribution in [0.15, 0.2) is 48.7 Å². The van der Waals surface area contributed by atoms with Gasteiger partial charge in [-0.25, -0.2) is 14.8 Å². The first kappa shape index (κ1) is 24.2. The van der Waals surface area contributed by atoms with Gasteiger partial charge in [0.05, 0.1) is 24.9 Å². The van der Waals surface area contributed by atoms with Gasteiger partial charge in [0.15, 0.2) is 17.4 Å². The van der Waals surface area contributed by atoms with Crippen LogP contribution < -0.4 is 19.7 Å². The van der Waals surface area contributed by atoms with Crippen molar-refractivity contribution >= 4 is 17.7 Å². The van der Waals surface area contributed by atoms with Gasteiger partial charge in [0, 0.05) is 11.6 Å². The number of aromatic nitrogens is 3. The number of alkyl halides is 3. The Bertz CT molecular complexity index is 1210. The van der Waals surface area contributed by atoms with Crippen molar-refractivity contribution in [2.45, 2.75) is 12.3 Å². The van der Waals surface area contributed by atoms with Crippen molar-refractivity contribution in [3.05, 3.63) is 54.2 Å². The van der Waals surface area contributed by atoms with Crippen LogP contribution in [0.5, 0.6) is 11.6 Å². The Balaban J connectivity index is 1.55. The van der Waals surface area contributed by atoms with Crippen LogP contribution in [0, 0.1) is 0 Å². The number of aliphatic hydroxyl groups excluding tert-OH is 2. The molecule has 1 aliphatic heterocycles. The van der Waals surface area contributed by atoms with E-state index in [9.17, 15) is 23.1 Å². The van der Waals surface area contributed by atoms with E-state index in [1.807, 2.05) is 0 Å². The van der Waals surface area contributed by atoms with Gasteiger partial charge in [0.25, 0.3) is 0 Å². The lowest BCUT2D eigenvalue weighted by molar-refractivity contribution is -0.137. The molecule has 0 saturated heterocycles. The minimum Gasteiger partial charge on any atom is -0.486 e. The molecule has 0 spiro atoms. The molecule has 13 heteroatoms. The monoisotopic (exact) mass is 491 g/mol. The van der Waals surface area contributed by atoms with Crippen molar-refractivity contribution in [1.29, 1.82) is 0 Å². The summed E-state index contributed by atoms with van der Waals surface area (Å²) in [5.74, 6) is 0.548. The molecule has 1 unspecified atom stereocenters. The molecule has 1 aromatic carbocycles. The van der Waals surface area contributed by atoms with Crippen LogP contribution in [0.2, 0.25) is 0 Å². The van der Waals surface area contributed by atoms with E-state index < -0.39 is 30.5 Å². The minimum atomic E-state index is -4.53. The highest BCUT2D eigenvalue weighted by molar-refractivity contribution is 6.01. The third-order valence-corrected chi connectivity index (χ3v) is 4.85. The number of benzene rings is 1. The number of ether oxygens (including phenoxy) is 2. The quantitative estimate of drug-likeness (QED) is 0.480. The van der Waals surface area contributed by atoms with Gasteiger partial charge in [0.2, 0.25) is 5.88 Å². The van der Waals surface area contributed by atoms with Crippen molar-refractivity contribution in [1.82, 2.24) is 15.0 Å². The molecule has 2 amide bonds. The van der Waals surface area contributed by atoms with Crippen molar-refractivity contribution < 1.29 is 37.7 Å². The largest absolute Gasteiger partial charge is 0.486 e. The van der Waals surface area contributed by atoms with Crippen LogP contribution >= 0.6 is 0 Å². The van der Waals surface area contributed by atoms with E-state index in [-0.39, 0.29) is 54.4 Å². The van der Waals surface area contributed by atoms with Crippen molar-refractivity contribution in [3.8, 4) is 23.0 Å². The summed E-state index contributed by atoms with van der Waals surface area (Å²) in [5, 5.41) is 20.9. The Hall–Kier alpha value is -3.97. The molecule has 0 radical (unpaired) electrons. The number of amides is 2. The van der Waals surface area contributed by atoms with Crippen LogP contribution in [-0.2, 0) is 6.18 Å². The van der Waals surface area contributed by atoms with Crippen LogP contribution in [0.25, 0.3) is 11.4 Å². The third-order valence-electron chi connectivity index (χ3n) is 4.85. The van der Waals surface area contributed by atoms with E-state index in [2.05, 4.69) is 20.3 Å². The van der Waals surface area contributed by atoms with Gasteiger partial charge in [-0.2, -0.15) is 18.2 Å². The number of urea groups is 1. The van der Waals surface area contributed by atoms with Crippen molar-refractivity contribution in [2.75, 3.05) is 36.6 Å². The molecule has 2 aromatic heterocycles. The lowest BCUT2D eigenvalue weighted by Gasteiger charge is -2.28. The predicted molar refractivity (Wildman–Crippen MR) is 117 cm³/mol. The van der Waals surface area contributed by atoms with E-state index >= 15 is 0 Å². The minimum absolute atomic E-state index is 0.00545. The van der Waals surface area contributed by atoms with Gasteiger partial charge in [-0.1, -0.05) is 18.2 Å². The molecular weight excluding hydrogens is 471 g/mol. The number of carbonyl (C=O) groups is 1. The van der Waals surface area contributed by atoms with Crippen molar-refractivity contribution in [2.24, 2.45) is 0 Å². The summed E-state index contributed by atoms with van der Waals surface area (Å²) in [6, 6.07) is 8.56. The second kappa shape index (κ2) is 10.1. The molecule has 0 fully saturated rings. The van der Waals surface area contributed by atoms with E-state index in [1.54, 1.807) is 6.07 Å². The average Bonchev–Trinajstić information content (AvgIpc) is 2.86. The molecule has 0 bridgehead atoms. The fourth-order valence-electron chi connectivity index (χ4n) is 3.16. The van der Waals surface area contributed by atoms with Gasteiger partial charge in [0.1, 0.15) is 25.1 Å². The number of rotatable bonds is 6. The van der Waals surface area contributed by atoms with E-state index in [1.165, 1.54) is 35.4 Å². The van der Waals surface area contributed by atoms with Crippen LogP contribution in [0.1, 0.15) is 5.56 Å². The second-order valence-electron chi connectivity index (χ2n) is 7.40. The maximum atomic E-state index is 13.1. The van der Waals surface area contributed by atoms with Gasteiger partial charge in [-0.15, -0.1) is 0 Å². The molecule has 0 aliphatic carbocycles. The maximum absolute atomic E-state index is 13.1. The first-order valence-electron chi connectivity index (χ1n) is 10.4. The van der Waals surface area contributed by atoms with E-state index in [4.69, 9.17) is 14.6 Å². The Morgan fingerprint density at radius 2 is 2.03 bits per heavy atom. The zero-order valence-electron chi connectivity index (χ0n) is 18.1. The van der Waals surface area contributed by atoms with Crippen LogP contribution in [0.4, 0.5) is 29.6 Å². The van der Waals surface area contributed by atoms with Crippen LogP contribution in [-0.4, -0.2) is 63.7 Å². The molecule has 184 valence electrons. The zero-order chi connectivity index (χ0) is 25.0. The summed E-state index contributed by atoms with van der Waals surface area (Å²) in [6.45, 7) is -0.386. The standard InChI is InChI=1S/C22H20F3N5O5/c23-22(24,25)14-4-1-3-13(9-14)19-26-10-16-20(29-19)30(7-8-34-16)21(33)28-17-5-2-6-18(27-17)35-12-15(32)11-31/h1-6,9-10,15,31-32H,7-8,11-12H2,(H,27,28,33). The molecule has 4 rings (SSSR count). The summed E-state index contributed by atoms with van der Waals surface area (Å²) in [6.07, 6.45) is -4.30.